The fraction of sp³-hybridized carbons (Fsp3) is 0.211. The highest BCUT2D eigenvalue weighted by Gasteiger charge is 2.14. The van der Waals surface area contributed by atoms with Crippen molar-refractivity contribution in [1.29, 1.82) is 0 Å². The zero-order chi connectivity index (χ0) is 20.5. The van der Waals surface area contributed by atoms with Crippen molar-refractivity contribution < 1.29 is 24.0 Å². The van der Waals surface area contributed by atoms with Crippen molar-refractivity contribution in [3.63, 3.8) is 0 Å². The van der Waals surface area contributed by atoms with Gasteiger partial charge in [0.05, 0.1) is 17.0 Å². The molecule has 146 valence electrons. The number of nitrogens with zero attached hydrogens (tertiary/aromatic N) is 1. The number of anilines is 1. The molecule has 0 fully saturated rings. The standard InChI is InChI=1S/C19H19N3O6/c1-2-13-6-3-4-9-16(13)21-17(23)11-20-18(24)12-28-19(25)14-7-5-8-15(10-14)22(26)27/h3-10H,2,11-12H2,1H3,(H,20,24)(H,21,23). The van der Waals surface area contributed by atoms with Crippen LogP contribution in [0, 0.1) is 10.1 Å². The van der Waals surface area contributed by atoms with Gasteiger partial charge < -0.3 is 15.4 Å². The lowest BCUT2D eigenvalue weighted by atomic mass is 10.1. The minimum Gasteiger partial charge on any atom is -0.452 e. The summed E-state index contributed by atoms with van der Waals surface area (Å²) in [4.78, 5) is 45.6. The molecule has 0 bridgehead atoms. The molecule has 0 saturated heterocycles. The molecule has 0 heterocycles. The first-order chi connectivity index (χ1) is 13.4. The van der Waals surface area contributed by atoms with Crippen molar-refractivity contribution in [2.24, 2.45) is 0 Å². The van der Waals surface area contributed by atoms with Crippen molar-refractivity contribution in [1.82, 2.24) is 5.32 Å². The Morgan fingerprint density at radius 1 is 1.07 bits per heavy atom. The molecular formula is C19H19N3O6. The number of esters is 1. The third-order valence-electron chi connectivity index (χ3n) is 3.75. The van der Waals surface area contributed by atoms with E-state index in [2.05, 4.69) is 10.6 Å². The van der Waals surface area contributed by atoms with Crippen LogP contribution in [0.5, 0.6) is 0 Å². The number of para-hydroxylation sites is 1. The number of non-ortho nitro benzene ring substituents is 1. The van der Waals surface area contributed by atoms with E-state index in [4.69, 9.17) is 4.74 Å². The molecule has 2 rings (SSSR count). The molecule has 28 heavy (non-hydrogen) atoms. The number of ether oxygens (including phenoxy) is 1. The predicted octanol–water partition coefficient (Wildman–Crippen LogP) is 2.07. The third-order valence-corrected chi connectivity index (χ3v) is 3.75. The summed E-state index contributed by atoms with van der Waals surface area (Å²) in [6.45, 7) is 1.06. The minimum atomic E-state index is -0.875. The summed E-state index contributed by atoms with van der Waals surface area (Å²) in [5.74, 6) is -1.96. The number of benzene rings is 2. The number of carbonyl (C=O) groups is 3. The fourth-order valence-corrected chi connectivity index (χ4v) is 2.34. The van der Waals surface area contributed by atoms with Crippen LogP contribution in [-0.4, -0.2) is 35.9 Å². The summed E-state index contributed by atoms with van der Waals surface area (Å²) in [6.07, 6.45) is 0.746. The highest BCUT2D eigenvalue weighted by atomic mass is 16.6. The maximum atomic E-state index is 11.9. The molecule has 0 aliphatic carbocycles. The molecule has 0 atom stereocenters. The van der Waals surface area contributed by atoms with E-state index >= 15 is 0 Å². The molecule has 0 unspecified atom stereocenters. The number of rotatable bonds is 8. The van der Waals surface area contributed by atoms with Gasteiger partial charge in [0.25, 0.3) is 11.6 Å². The van der Waals surface area contributed by atoms with Crippen molar-refractivity contribution in [2.75, 3.05) is 18.5 Å². The van der Waals surface area contributed by atoms with Crippen molar-refractivity contribution in [2.45, 2.75) is 13.3 Å². The van der Waals surface area contributed by atoms with E-state index in [1.165, 1.54) is 18.2 Å². The van der Waals surface area contributed by atoms with Crippen molar-refractivity contribution in [3.8, 4) is 0 Å². The Bertz CT molecular complexity index is 897. The molecule has 9 heteroatoms. The fourth-order valence-electron chi connectivity index (χ4n) is 2.34. The first-order valence-corrected chi connectivity index (χ1v) is 8.46. The van der Waals surface area contributed by atoms with E-state index in [0.717, 1.165) is 18.1 Å². The predicted molar refractivity (Wildman–Crippen MR) is 101 cm³/mol. The summed E-state index contributed by atoms with van der Waals surface area (Å²) in [7, 11) is 0. The molecule has 0 aliphatic heterocycles. The van der Waals surface area contributed by atoms with E-state index in [0.29, 0.717) is 5.69 Å². The molecule has 0 spiro atoms. The Balaban J connectivity index is 1.79. The van der Waals surface area contributed by atoms with Gasteiger partial charge in [0.2, 0.25) is 5.91 Å². The summed E-state index contributed by atoms with van der Waals surface area (Å²) in [5, 5.41) is 15.8. The first-order valence-electron chi connectivity index (χ1n) is 8.46. The van der Waals surface area contributed by atoms with Crippen LogP contribution in [-0.2, 0) is 20.7 Å². The Morgan fingerprint density at radius 2 is 1.82 bits per heavy atom. The van der Waals surface area contributed by atoms with Crippen molar-refractivity contribution in [3.05, 3.63) is 69.8 Å². The molecule has 2 N–H and O–H groups in total. The Labute approximate surface area is 160 Å². The number of hydrogen-bond acceptors (Lipinski definition) is 6. The van der Waals surface area contributed by atoms with Crippen molar-refractivity contribution >= 4 is 29.2 Å². The normalized spacial score (nSPS) is 10.0. The van der Waals surface area contributed by atoms with Gasteiger partial charge in [-0.1, -0.05) is 31.2 Å². The van der Waals surface area contributed by atoms with E-state index in [9.17, 15) is 24.5 Å². The maximum Gasteiger partial charge on any atom is 0.338 e. The quantitative estimate of drug-likeness (QED) is 0.407. The van der Waals surface area contributed by atoms with Crippen LogP contribution in [0.15, 0.2) is 48.5 Å². The number of nitro benzene ring substituents is 1. The zero-order valence-corrected chi connectivity index (χ0v) is 15.1. The van der Waals surface area contributed by atoms with Gasteiger partial charge in [0, 0.05) is 17.8 Å². The lowest BCUT2D eigenvalue weighted by Gasteiger charge is -2.10. The van der Waals surface area contributed by atoms with Crippen LogP contribution >= 0.6 is 0 Å². The van der Waals surface area contributed by atoms with E-state index < -0.39 is 29.3 Å². The van der Waals surface area contributed by atoms with Crippen LogP contribution in [0.3, 0.4) is 0 Å². The molecule has 2 amide bonds. The van der Waals surface area contributed by atoms with Gasteiger partial charge in [0.1, 0.15) is 0 Å². The van der Waals surface area contributed by atoms with Crippen LogP contribution < -0.4 is 10.6 Å². The largest absolute Gasteiger partial charge is 0.452 e. The molecule has 0 aromatic heterocycles. The molecular weight excluding hydrogens is 366 g/mol. The molecule has 0 aliphatic rings. The van der Waals surface area contributed by atoms with E-state index in [1.807, 2.05) is 19.1 Å². The second kappa shape index (κ2) is 9.81. The van der Waals surface area contributed by atoms with Gasteiger partial charge in [-0.05, 0) is 24.1 Å². The van der Waals surface area contributed by atoms with Crippen LogP contribution in [0.25, 0.3) is 0 Å². The average Bonchev–Trinajstić information content (AvgIpc) is 2.70. The van der Waals surface area contributed by atoms with Crippen LogP contribution in [0.2, 0.25) is 0 Å². The molecule has 0 radical (unpaired) electrons. The smallest absolute Gasteiger partial charge is 0.338 e. The highest BCUT2D eigenvalue weighted by molar-refractivity contribution is 5.96. The number of nitro groups is 1. The summed E-state index contributed by atoms with van der Waals surface area (Å²) < 4.78 is 4.81. The lowest BCUT2D eigenvalue weighted by Crippen LogP contribution is -2.35. The van der Waals surface area contributed by atoms with Gasteiger partial charge in [-0.3, -0.25) is 19.7 Å². The van der Waals surface area contributed by atoms with Gasteiger partial charge in [-0.25, -0.2) is 4.79 Å². The number of carbonyl (C=O) groups excluding carboxylic acids is 3. The lowest BCUT2D eigenvalue weighted by molar-refractivity contribution is -0.384. The maximum absolute atomic E-state index is 11.9. The second-order valence-corrected chi connectivity index (χ2v) is 5.72. The van der Waals surface area contributed by atoms with Gasteiger partial charge in [-0.15, -0.1) is 0 Å². The van der Waals surface area contributed by atoms with E-state index in [-0.39, 0.29) is 17.8 Å². The number of amides is 2. The van der Waals surface area contributed by atoms with Gasteiger partial charge >= 0.3 is 5.97 Å². The zero-order valence-electron chi connectivity index (χ0n) is 15.1. The Morgan fingerprint density at radius 3 is 2.54 bits per heavy atom. The topological polar surface area (TPSA) is 128 Å². The van der Waals surface area contributed by atoms with E-state index in [1.54, 1.807) is 12.1 Å². The Kier molecular flexibility index (Phi) is 7.21. The SMILES string of the molecule is CCc1ccccc1NC(=O)CNC(=O)COC(=O)c1cccc([N+](=O)[O-])c1. The molecule has 9 nitrogen and oxygen atoms in total. The second-order valence-electron chi connectivity index (χ2n) is 5.72. The first kappa shape index (κ1) is 20.6. The number of nitrogens with one attached hydrogen (secondary N) is 2. The van der Waals surface area contributed by atoms with Crippen LogP contribution in [0.1, 0.15) is 22.8 Å². The average molecular weight is 385 g/mol. The highest BCUT2D eigenvalue weighted by Crippen LogP contribution is 2.15. The molecule has 2 aromatic rings. The molecule has 2 aromatic carbocycles. The van der Waals surface area contributed by atoms with Gasteiger partial charge in [-0.2, -0.15) is 0 Å². The third kappa shape index (κ3) is 5.90. The summed E-state index contributed by atoms with van der Waals surface area (Å²) in [6, 6.07) is 12.3. The summed E-state index contributed by atoms with van der Waals surface area (Å²) in [5.41, 5.74) is 1.33. The monoisotopic (exact) mass is 385 g/mol. The minimum absolute atomic E-state index is 0.0454. The Hall–Kier alpha value is -3.75. The van der Waals surface area contributed by atoms with Gasteiger partial charge in [0.15, 0.2) is 6.61 Å². The number of hydrogen-bond donors (Lipinski definition) is 2. The molecule has 0 saturated carbocycles. The van der Waals surface area contributed by atoms with Crippen LogP contribution in [0.4, 0.5) is 11.4 Å². The summed E-state index contributed by atoms with van der Waals surface area (Å²) >= 11 is 0. The number of aryl methyl sites for hydroxylation is 1.